The first-order valence-electron chi connectivity index (χ1n) is 9.71. The molecule has 4 nitrogen and oxygen atoms in total. The number of para-hydroxylation sites is 1. The molecule has 0 spiro atoms. The van der Waals surface area contributed by atoms with Gasteiger partial charge in [0.15, 0.2) is 0 Å². The van der Waals surface area contributed by atoms with Crippen LogP contribution in [0, 0.1) is 0 Å². The van der Waals surface area contributed by atoms with E-state index in [1.807, 2.05) is 0 Å². The third kappa shape index (κ3) is 4.92. The minimum Gasteiger partial charge on any atom is -0.406 e. The number of benzene rings is 2. The van der Waals surface area contributed by atoms with Crippen LogP contribution in [0.3, 0.4) is 0 Å². The van der Waals surface area contributed by atoms with E-state index in [4.69, 9.17) is 4.74 Å². The normalized spacial score (nSPS) is 17.3. The molecule has 154 valence electrons. The van der Waals surface area contributed by atoms with Gasteiger partial charge in [0.2, 0.25) is 0 Å². The molecular formula is C22H23F3N2O2. The first-order chi connectivity index (χ1) is 14.0. The Balaban J connectivity index is 1.55. The number of nitrogens with zero attached hydrogens (tertiary/aromatic N) is 2. The molecule has 0 amide bonds. The van der Waals surface area contributed by atoms with Crippen molar-refractivity contribution in [2.75, 3.05) is 44.3 Å². The van der Waals surface area contributed by atoms with Gasteiger partial charge in [-0.15, -0.1) is 13.2 Å². The maximum atomic E-state index is 12.4. The van der Waals surface area contributed by atoms with Crippen molar-refractivity contribution >= 4 is 17.5 Å². The van der Waals surface area contributed by atoms with Crippen LogP contribution in [0.25, 0.3) is 6.08 Å². The van der Waals surface area contributed by atoms with E-state index in [0.29, 0.717) is 6.54 Å². The van der Waals surface area contributed by atoms with Gasteiger partial charge >= 0.3 is 6.36 Å². The molecule has 0 saturated carbocycles. The molecule has 1 fully saturated rings. The monoisotopic (exact) mass is 404 g/mol. The average molecular weight is 404 g/mol. The van der Waals surface area contributed by atoms with Gasteiger partial charge in [0.05, 0.1) is 18.9 Å². The Kier molecular flexibility index (Phi) is 5.78. The van der Waals surface area contributed by atoms with Crippen LogP contribution < -0.4 is 9.64 Å². The molecule has 1 saturated heterocycles. The molecule has 2 heterocycles. The van der Waals surface area contributed by atoms with Gasteiger partial charge in [0, 0.05) is 31.9 Å². The molecule has 0 atom stereocenters. The van der Waals surface area contributed by atoms with Crippen molar-refractivity contribution in [1.29, 1.82) is 0 Å². The van der Waals surface area contributed by atoms with Crippen molar-refractivity contribution in [1.82, 2.24) is 4.90 Å². The molecule has 0 aromatic heterocycles. The molecule has 0 aliphatic carbocycles. The van der Waals surface area contributed by atoms with Gasteiger partial charge in [-0.05, 0) is 41.8 Å². The Morgan fingerprint density at radius 3 is 2.48 bits per heavy atom. The lowest BCUT2D eigenvalue weighted by Gasteiger charge is -2.32. The van der Waals surface area contributed by atoms with Gasteiger partial charge in [-0.25, -0.2) is 0 Å². The Morgan fingerprint density at radius 2 is 1.76 bits per heavy atom. The number of fused-ring (bicyclic) bond motifs is 1. The first-order valence-corrected chi connectivity index (χ1v) is 9.71. The van der Waals surface area contributed by atoms with Gasteiger partial charge < -0.3 is 14.4 Å². The number of hydrogen-bond acceptors (Lipinski definition) is 4. The molecule has 0 radical (unpaired) electrons. The molecule has 29 heavy (non-hydrogen) atoms. The van der Waals surface area contributed by atoms with E-state index in [0.717, 1.165) is 56.2 Å². The highest BCUT2D eigenvalue weighted by molar-refractivity contribution is 5.80. The zero-order chi connectivity index (χ0) is 20.3. The molecule has 0 bridgehead atoms. The fourth-order valence-electron chi connectivity index (χ4n) is 3.82. The van der Waals surface area contributed by atoms with Crippen molar-refractivity contribution in [3.05, 3.63) is 59.7 Å². The number of hydrogen-bond donors (Lipinski definition) is 0. The summed E-state index contributed by atoms with van der Waals surface area (Å²) < 4.78 is 46.7. The van der Waals surface area contributed by atoms with Crippen molar-refractivity contribution in [2.45, 2.75) is 12.8 Å². The predicted octanol–water partition coefficient (Wildman–Crippen LogP) is 4.62. The predicted molar refractivity (Wildman–Crippen MR) is 107 cm³/mol. The number of alkyl halides is 3. The lowest BCUT2D eigenvalue weighted by molar-refractivity contribution is -0.274. The standard InChI is InChI=1S/C22H23F3N2O2/c23-22(24,25)29-20-8-6-19(7-9-20)27-11-2-5-17-3-1-4-18(21(17)27)10-12-26-13-15-28-16-14-26/h1-9H,10-16H2. The summed E-state index contributed by atoms with van der Waals surface area (Å²) in [4.78, 5) is 4.54. The number of halogens is 3. The van der Waals surface area contributed by atoms with Crippen LogP contribution >= 0.6 is 0 Å². The van der Waals surface area contributed by atoms with Crippen molar-refractivity contribution in [3.8, 4) is 5.75 Å². The van der Waals surface area contributed by atoms with Crippen molar-refractivity contribution in [2.24, 2.45) is 0 Å². The zero-order valence-corrected chi connectivity index (χ0v) is 16.0. The second-order valence-corrected chi connectivity index (χ2v) is 7.11. The van der Waals surface area contributed by atoms with Crippen LogP contribution in [0.1, 0.15) is 11.1 Å². The van der Waals surface area contributed by atoms with E-state index in [9.17, 15) is 13.2 Å². The SMILES string of the molecule is FC(F)(F)Oc1ccc(N2CC=Cc3cccc(CCN4CCOCC4)c32)cc1. The van der Waals surface area contributed by atoms with Crippen LogP contribution in [0.15, 0.2) is 48.5 Å². The lowest BCUT2D eigenvalue weighted by atomic mass is 9.99. The zero-order valence-electron chi connectivity index (χ0n) is 16.0. The van der Waals surface area contributed by atoms with E-state index in [-0.39, 0.29) is 5.75 Å². The van der Waals surface area contributed by atoms with Gasteiger partial charge in [-0.3, -0.25) is 4.90 Å². The van der Waals surface area contributed by atoms with Crippen LogP contribution in [0.4, 0.5) is 24.5 Å². The molecule has 2 aromatic rings. The summed E-state index contributed by atoms with van der Waals surface area (Å²) in [6.07, 6.45) is 0.386. The Labute approximate surface area is 168 Å². The summed E-state index contributed by atoms with van der Waals surface area (Å²) in [7, 11) is 0. The number of morpholine rings is 1. The molecule has 2 aliphatic heterocycles. The highest BCUT2D eigenvalue weighted by Gasteiger charge is 2.31. The Hall–Kier alpha value is -2.51. The van der Waals surface area contributed by atoms with Crippen LogP contribution in [-0.2, 0) is 11.2 Å². The van der Waals surface area contributed by atoms with Gasteiger partial charge in [-0.2, -0.15) is 0 Å². The molecule has 0 N–H and O–H groups in total. The Bertz CT molecular complexity index is 859. The fraction of sp³-hybridized carbons (Fsp3) is 0.364. The average Bonchev–Trinajstić information content (AvgIpc) is 2.72. The lowest BCUT2D eigenvalue weighted by Crippen LogP contribution is -2.37. The van der Waals surface area contributed by atoms with Crippen LogP contribution in [-0.4, -0.2) is 50.7 Å². The topological polar surface area (TPSA) is 24.9 Å². The maximum absolute atomic E-state index is 12.4. The second-order valence-electron chi connectivity index (χ2n) is 7.11. The van der Waals surface area contributed by atoms with Gasteiger partial charge in [0.1, 0.15) is 5.75 Å². The summed E-state index contributed by atoms with van der Waals surface area (Å²) in [5, 5.41) is 0. The number of anilines is 2. The van der Waals surface area contributed by atoms with Crippen molar-refractivity contribution in [3.63, 3.8) is 0 Å². The third-order valence-corrected chi connectivity index (χ3v) is 5.19. The quantitative estimate of drug-likeness (QED) is 0.726. The summed E-state index contributed by atoms with van der Waals surface area (Å²) in [5.41, 5.74) is 4.30. The minimum atomic E-state index is -4.69. The summed E-state index contributed by atoms with van der Waals surface area (Å²) in [6.45, 7) is 5.05. The largest absolute Gasteiger partial charge is 0.573 e. The second kappa shape index (κ2) is 8.47. The molecular weight excluding hydrogens is 381 g/mol. The highest BCUT2D eigenvalue weighted by Crippen LogP contribution is 2.37. The number of rotatable bonds is 5. The number of ether oxygens (including phenoxy) is 2. The Morgan fingerprint density at radius 1 is 1.00 bits per heavy atom. The molecule has 2 aromatic carbocycles. The van der Waals surface area contributed by atoms with E-state index >= 15 is 0 Å². The van der Waals surface area contributed by atoms with Gasteiger partial charge in [-0.1, -0.05) is 30.4 Å². The molecule has 2 aliphatic rings. The maximum Gasteiger partial charge on any atom is 0.573 e. The highest BCUT2D eigenvalue weighted by atomic mass is 19.4. The summed E-state index contributed by atoms with van der Waals surface area (Å²) >= 11 is 0. The summed E-state index contributed by atoms with van der Waals surface area (Å²) in [6, 6.07) is 12.3. The van der Waals surface area contributed by atoms with E-state index in [1.54, 1.807) is 12.1 Å². The van der Waals surface area contributed by atoms with Crippen molar-refractivity contribution < 1.29 is 22.6 Å². The van der Waals surface area contributed by atoms with Crippen LogP contribution in [0.2, 0.25) is 0 Å². The smallest absolute Gasteiger partial charge is 0.406 e. The molecule has 0 unspecified atom stereocenters. The minimum absolute atomic E-state index is 0.213. The third-order valence-electron chi connectivity index (χ3n) is 5.19. The summed E-state index contributed by atoms with van der Waals surface area (Å²) in [5.74, 6) is -0.213. The fourth-order valence-corrected chi connectivity index (χ4v) is 3.82. The van der Waals surface area contributed by atoms with E-state index in [2.05, 4.69) is 44.9 Å². The van der Waals surface area contributed by atoms with Crippen LogP contribution in [0.5, 0.6) is 5.75 Å². The van der Waals surface area contributed by atoms with E-state index < -0.39 is 6.36 Å². The first kappa shape index (κ1) is 19.8. The molecule has 4 rings (SSSR count). The molecule has 7 heteroatoms. The van der Waals surface area contributed by atoms with E-state index in [1.165, 1.54) is 17.7 Å². The van der Waals surface area contributed by atoms with Gasteiger partial charge in [0.25, 0.3) is 0 Å².